The molecule has 0 aliphatic carbocycles. The second-order valence-electron chi connectivity index (χ2n) is 4.31. The number of carbonyl (C=O) groups is 1. The van der Waals surface area contributed by atoms with Gasteiger partial charge < -0.3 is 14.6 Å². The van der Waals surface area contributed by atoms with Crippen LogP contribution in [0.2, 0.25) is 0 Å². The van der Waals surface area contributed by atoms with Gasteiger partial charge in [-0.15, -0.1) is 0 Å². The molecule has 0 radical (unpaired) electrons. The Bertz CT molecular complexity index is 598. The molecule has 110 valence electrons. The van der Waals surface area contributed by atoms with E-state index in [-0.39, 0.29) is 5.56 Å². The minimum absolute atomic E-state index is 0.224. The highest BCUT2D eigenvalue weighted by Gasteiger charge is 2.07. The van der Waals surface area contributed by atoms with E-state index in [0.29, 0.717) is 23.4 Å². The van der Waals surface area contributed by atoms with Gasteiger partial charge in [0.1, 0.15) is 11.5 Å². The number of rotatable bonds is 7. The Labute approximate surface area is 131 Å². The van der Waals surface area contributed by atoms with E-state index >= 15 is 0 Å². The summed E-state index contributed by atoms with van der Waals surface area (Å²) in [7, 11) is 0. The minimum atomic E-state index is -0.960. The zero-order valence-corrected chi connectivity index (χ0v) is 12.9. The summed E-state index contributed by atoms with van der Waals surface area (Å²) in [4.78, 5) is 10.8. The topological polar surface area (TPSA) is 55.8 Å². The van der Waals surface area contributed by atoms with E-state index in [4.69, 9.17) is 14.6 Å². The highest BCUT2D eigenvalue weighted by Crippen LogP contribution is 2.26. The lowest BCUT2D eigenvalue weighted by Gasteiger charge is -2.09. The fourth-order valence-electron chi connectivity index (χ4n) is 1.70. The van der Waals surface area contributed by atoms with Crippen molar-refractivity contribution >= 4 is 21.9 Å². The standard InChI is InChI=1S/C16H15BrO4/c17-14-11-12(16(18)19)7-8-15(14)21-10-4-9-20-13-5-2-1-3-6-13/h1-3,5-8,11H,4,9-10H2,(H,18,19). The second-order valence-corrected chi connectivity index (χ2v) is 5.17. The first-order chi connectivity index (χ1) is 10.2. The van der Waals surface area contributed by atoms with Crippen molar-refractivity contribution in [1.29, 1.82) is 0 Å². The van der Waals surface area contributed by atoms with Gasteiger partial charge in [0.25, 0.3) is 0 Å². The number of hydrogen-bond donors (Lipinski definition) is 1. The predicted molar refractivity (Wildman–Crippen MR) is 83.2 cm³/mol. The summed E-state index contributed by atoms with van der Waals surface area (Å²) >= 11 is 3.30. The number of benzene rings is 2. The molecule has 0 aliphatic rings. The summed E-state index contributed by atoms with van der Waals surface area (Å²) in [6, 6.07) is 14.3. The molecular weight excluding hydrogens is 336 g/mol. The van der Waals surface area contributed by atoms with Gasteiger partial charge in [-0.05, 0) is 46.3 Å². The summed E-state index contributed by atoms with van der Waals surface area (Å²) in [5.74, 6) is 0.503. The first-order valence-electron chi connectivity index (χ1n) is 6.50. The molecule has 0 atom stereocenters. The van der Waals surface area contributed by atoms with Crippen molar-refractivity contribution in [1.82, 2.24) is 0 Å². The normalized spacial score (nSPS) is 10.1. The van der Waals surface area contributed by atoms with Crippen LogP contribution < -0.4 is 9.47 Å². The Kier molecular flexibility index (Phi) is 5.63. The van der Waals surface area contributed by atoms with Crippen molar-refractivity contribution in [2.75, 3.05) is 13.2 Å². The molecule has 1 N–H and O–H groups in total. The van der Waals surface area contributed by atoms with Gasteiger partial charge in [-0.2, -0.15) is 0 Å². The highest BCUT2D eigenvalue weighted by atomic mass is 79.9. The second kappa shape index (κ2) is 7.69. The molecule has 5 heteroatoms. The Morgan fingerprint density at radius 3 is 2.43 bits per heavy atom. The lowest BCUT2D eigenvalue weighted by atomic mass is 10.2. The molecule has 0 saturated carbocycles. The third-order valence-electron chi connectivity index (χ3n) is 2.74. The first kappa shape index (κ1) is 15.4. The molecule has 0 amide bonds. The van der Waals surface area contributed by atoms with Crippen LogP contribution in [0.25, 0.3) is 0 Å². The van der Waals surface area contributed by atoms with Gasteiger partial charge in [0.15, 0.2) is 0 Å². The lowest BCUT2D eigenvalue weighted by molar-refractivity contribution is 0.0697. The summed E-state index contributed by atoms with van der Waals surface area (Å²) in [6.45, 7) is 1.06. The number of carboxylic acids is 1. The van der Waals surface area contributed by atoms with Crippen LogP contribution in [0.1, 0.15) is 16.8 Å². The van der Waals surface area contributed by atoms with E-state index < -0.39 is 5.97 Å². The van der Waals surface area contributed by atoms with E-state index in [2.05, 4.69) is 15.9 Å². The quantitative estimate of drug-likeness (QED) is 0.767. The molecule has 0 saturated heterocycles. The van der Waals surface area contributed by atoms with Gasteiger partial charge in [0.2, 0.25) is 0 Å². The van der Waals surface area contributed by atoms with Gasteiger partial charge in [0, 0.05) is 6.42 Å². The molecule has 0 bridgehead atoms. The average Bonchev–Trinajstić information content (AvgIpc) is 2.49. The number of para-hydroxylation sites is 1. The highest BCUT2D eigenvalue weighted by molar-refractivity contribution is 9.10. The summed E-state index contributed by atoms with van der Waals surface area (Å²) in [5.41, 5.74) is 0.224. The van der Waals surface area contributed by atoms with E-state index in [9.17, 15) is 4.79 Å². The zero-order valence-electron chi connectivity index (χ0n) is 11.3. The van der Waals surface area contributed by atoms with Crippen LogP contribution in [0.5, 0.6) is 11.5 Å². The number of aromatic carboxylic acids is 1. The number of hydrogen-bond acceptors (Lipinski definition) is 3. The van der Waals surface area contributed by atoms with E-state index in [0.717, 1.165) is 12.2 Å². The third-order valence-corrected chi connectivity index (χ3v) is 3.36. The summed E-state index contributed by atoms with van der Waals surface area (Å²) in [6.07, 6.45) is 0.738. The van der Waals surface area contributed by atoms with E-state index in [1.54, 1.807) is 6.07 Å². The fourth-order valence-corrected chi connectivity index (χ4v) is 2.19. The molecule has 0 aromatic heterocycles. The van der Waals surface area contributed by atoms with Crippen molar-refractivity contribution in [3.05, 3.63) is 58.6 Å². The van der Waals surface area contributed by atoms with E-state index in [1.807, 2.05) is 30.3 Å². The van der Waals surface area contributed by atoms with Crippen LogP contribution in [0.3, 0.4) is 0 Å². The number of halogens is 1. The zero-order chi connectivity index (χ0) is 15.1. The van der Waals surface area contributed by atoms with Crippen LogP contribution in [-0.2, 0) is 0 Å². The molecular formula is C16H15BrO4. The van der Waals surface area contributed by atoms with Gasteiger partial charge in [-0.25, -0.2) is 4.79 Å². The lowest BCUT2D eigenvalue weighted by Crippen LogP contribution is -2.05. The molecule has 0 unspecified atom stereocenters. The van der Waals surface area contributed by atoms with Crippen molar-refractivity contribution < 1.29 is 19.4 Å². The molecule has 2 aromatic carbocycles. The molecule has 0 spiro atoms. The Morgan fingerprint density at radius 1 is 1.05 bits per heavy atom. The molecule has 21 heavy (non-hydrogen) atoms. The van der Waals surface area contributed by atoms with Gasteiger partial charge in [0.05, 0.1) is 23.2 Å². The maximum atomic E-state index is 10.8. The largest absolute Gasteiger partial charge is 0.493 e. The Morgan fingerprint density at radius 2 is 1.76 bits per heavy atom. The van der Waals surface area contributed by atoms with Crippen LogP contribution >= 0.6 is 15.9 Å². The van der Waals surface area contributed by atoms with Gasteiger partial charge >= 0.3 is 5.97 Å². The number of ether oxygens (including phenoxy) is 2. The Balaban J connectivity index is 1.75. The molecule has 0 heterocycles. The van der Waals surface area contributed by atoms with Crippen LogP contribution in [0.15, 0.2) is 53.0 Å². The van der Waals surface area contributed by atoms with Crippen LogP contribution in [-0.4, -0.2) is 24.3 Å². The molecule has 2 rings (SSSR count). The third kappa shape index (κ3) is 4.79. The summed E-state index contributed by atoms with van der Waals surface area (Å²) in [5, 5.41) is 8.88. The van der Waals surface area contributed by atoms with Crippen molar-refractivity contribution in [3.63, 3.8) is 0 Å². The van der Waals surface area contributed by atoms with E-state index in [1.165, 1.54) is 12.1 Å². The molecule has 2 aromatic rings. The molecule has 0 aliphatic heterocycles. The van der Waals surface area contributed by atoms with Gasteiger partial charge in [-0.1, -0.05) is 18.2 Å². The van der Waals surface area contributed by atoms with Crippen LogP contribution in [0.4, 0.5) is 0 Å². The number of carboxylic acid groups (broad SMARTS) is 1. The predicted octanol–water partition coefficient (Wildman–Crippen LogP) is 4.00. The SMILES string of the molecule is O=C(O)c1ccc(OCCCOc2ccccc2)c(Br)c1. The average molecular weight is 351 g/mol. The summed E-state index contributed by atoms with van der Waals surface area (Å²) < 4.78 is 11.8. The minimum Gasteiger partial charge on any atom is -0.493 e. The first-order valence-corrected chi connectivity index (χ1v) is 7.29. The van der Waals surface area contributed by atoms with Crippen molar-refractivity contribution in [2.24, 2.45) is 0 Å². The van der Waals surface area contributed by atoms with Gasteiger partial charge in [-0.3, -0.25) is 0 Å². The monoisotopic (exact) mass is 350 g/mol. The molecule has 0 fully saturated rings. The smallest absolute Gasteiger partial charge is 0.335 e. The van der Waals surface area contributed by atoms with Crippen molar-refractivity contribution in [3.8, 4) is 11.5 Å². The maximum Gasteiger partial charge on any atom is 0.335 e. The molecule has 4 nitrogen and oxygen atoms in total. The maximum absolute atomic E-state index is 10.8. The van der Waals surface area contributed by atoms with Crippen LogP contribution in [0, 0.1) is 0 Å². The Hall–Kier alpha value is -2.01. The fraction of sp³-hybridized carbons (Fsp3) is 0.188. The van der Waals surface area contributed by atoms with Crippen molar-refractivity contribution in [2.45, 2.75) is 6.42 Å².